The standard InChI is InChI=1S/C10H10F14NO2S/c1-3-25(24,4-2)28(26,27)10(22,23)8(17,18)6(13,14)5(11,12)7(15,16)9(19,20)21/h3-4H2,1-2H3/q+1. The summed E-state index contributed by atoms with van der Waals surface area (Å²) in [6, 6.07) is 0. The van der Waals surface area contributed by atoms with Crippen molar-refractivity contribution in [2.45, 2.75) is 49.0 Å². The van der Waals surface area contributed by atoms with Crippen LogP contribution in [0.4, 0.5) is 61.6 Å². The maximum absolute atomic E-state index is 13.9. The van der Waals surface area contributed by atoms with Crippen molar-refractivity contribution in [1.29, 1.82) is 0 Å². The molecule has 0 spiro atoms. The summed E-state index contributed by atoms with van der Waals surface area (Å²) >= 11 is 0. The van der Waals surface area contributed by atoms with E-state index in [1.807, 2.05) is 0 Å². The largest absolute Gasteiger partial charge is 0.467 e. The summed E-state index contributed by atoms with van der Waals surface area (Å²) in [6.07, 6.45) is -7.63. The molecule has 0 unspecified atom stereocenters. The van der Waals surface area contributed by atoms with Gasteiger partial charge in [0.1, 0.15) is 13.1 Å². The first-order valence-electron chi connectivity index (χ1n) is 6.64. The van der Waals surface area contributed by atoms with E-state index in [9.17, 15) is 70.0 Å². The van der Waals surface area contributed by atoms with Gasteiger partial charge in [0.15, 0.2) is 0 Å². The van der Waals surface area contributed by atoms with Gasteiger partial charge in [0, 0.05) is 4.48 Å². The lowest BCUT2D eigenvalue weighted by molar-refractivity contribution is -0.948. The molecule has 0 saturated heterocycles. The molecule has 0 rings (SSSR count). The Labute approximate surface area is 147 Å². The molecule has 18 heteroatoms. The van der Waals surface area contributed by atoms with Gasteiger partial charge in [-0.2, -0.15) is 65.5 Å². The fraction of sp³-hybridized carbons (Fsp3) is 1.00. The Morgan fingerprint density at radius 3 is 1.14 bits per heavy atom. The summed E-state index contributed by atoms with van der Waals surface area (Å²) in [4.78, 5) is 0. The van der Waals surface area contributed by atoms with Crippen molar-refractivity contribution in [3.05, 3.63) is 0 Å². The van der Waals surface area contributed by atoms with Gasteiger partial charge in [0.2, 0.25) is 0 Å². The van der Waals surface area contributed by atoms with Gasteiger partial charge in [-0.3, -0.25) is 0 Å². The van der Waals surface area contributed by atoms with E-state index in [4.69, 9.17) is 0 Å². The molecule has 28 heavy (non-hydrogen) atoms. The maximum Gasteiger partial charge on any atom is 0.467 e. The summed E-state index contributed by atoms with van der Waals surface area (Å²) in [5, 5.41) is -7.53. The number of hydrogen-bond acceptors (Lipinski definition) is 2. The highest BCUT2D eigenvalue weighted by molar-refractivity contribution is 7.87. The van der Waals surface area contributed by atoms with Crippen molar-refractivity contribution in [2.75, 3.05) is 13.1 Å². The number of nitrogens with zero attached hydrogens (tertiary/aromatic N) is 1. The summed E-state index contributed by atoms with van der Waals surface area (Å²) in [7, 11) is -7.53. The fourth-order valence-electron chi connectivity index (χ4n) is 1.69. The number of halogens is 14. The van der Waals surface area contributed by atoms with E-state index < -0.39 is 62.3 Å². The van der Waals surface area contributed by atoms with E-state index >= 15 is 0 Å². The molecule has 0 heterocycles. The number of quaternary nitrogens is 1. The van der Waals surface area contributed by atoms with Gasteiger partial charge in [-0.25, -0.2) is 0 Å². The van der Waals surface area contributed by atoms with Crippen LogP contribution in [0, 0.1) is 0 Å². The predicted molar refractivity (Wildman–Crippen MR) is 62.2 cm³/mol. The Hall–Kier alpha value is -1.07. The molecule has 0 saturated carbocycles. The highest BCUT2D eigenvalue weighted by Gasteiger charge is 2.94. The Morgan fingerprint density at radius 2 is 0.893 bits per heavy atom. The van der Waals surface area contributed by atoms with Crippen LogP contribution >= 0.6 is 0 Å². The third-order valence-corrected chi connectivity index (χ3v) is 5.89. The normalized spacial score (nSPS) is 16.4. The van der Waals surface area contributed by atoms with Crippen molar-refractivity contribution < 1.29 is 74.1 Å². The number of sulfonamides is 1. The molecule has 3 nitrogen and oxygen atoms in total. The van der Waals surface area contributed by atoms with E-state index in [0.29, 0.717) is 13.8 Å². The molecular formula is C10H10F14NO2S+. The number of rotatable bonds is 8. The van der Waals surface area contributed by atoms with Crippen LogP contribution in [0.1, 0.15) is 13.8 Å². The molecule has 0 bridgehead atoms. The summed E-state index contributed by atoms with van der Waals surface area (Å²) in [5.74, 6) is -32.7. The molecule has 0 amide bonds. The van der Waals surface area contributed by atoms with Gasteiger partial charge in [-0.1, -0.05) is 0 Å². The minimum Gasteiger partial charge on any atom is -0.192 e. The molecule has 0 aromatic heterocycles. The van der Waals surface area contributed by atoms with Crippen LogP contribution in [0.5, 0.6) is 0 Å². The van der Waals surface area contributed by atoms with E-state index in [2.05, 4.69) is 0 Å². The molecule has 0 atom stereocenters. The smallest absolute Gasteiger partial charge is 0.192 e. The van der Waals surface area contributed by atoms with Gasteiger partial charge < -0.3 is 0 Å². The minimum atomic E-state index is -8.30. The monoisotopic (exact) mass is 474 g/mol. The molecule has 0 radical (unpaired) electrons. The molecule has 0 fully saturated rings. The fourth-order valence-corrected chi connectivity index (χ4v) is 3.23. The summed E-state index contributed by atoms with van der Waals surface area (Å²) < 4.78 is 201. The van der Waals surface area contributed by atoms with Gasteiger partial charge in [0.25, 0.3) is 0 Å². The van der Waals surface area contributed by atoms with Crippen molar-refractivity contribution in [3.63, 3.8) is 0 Å². The molecule has 0 aliphatic heterocycles. The van der Waals surface area contributed by atoms with Crippen molar-refractivity contribution in [2.24, 2.45) is 0 Å². The second-order valence-corrected chi connectivity index (χ2v) is 7.33. The van der Waals surface area contributed by atoms with Crippen LogP contribution in [0.2, 0.25) is 0 Å². The number of alkyl halides is 13. The lowest BCUT2D eigenvalue weighted by atomic mass is 9.98. The first kappa shape index (κ1) is 26.9. The maximum atomic E-state index is 13.9. The lowest BCUT2D eigenvalue weighted by Gasteiger charge is -2.39. The third kappa shape index (κ3) is 3.09. The summed E-state index contributed by atoms with van der Waals surface area (Å²) in [6.45, 7) is -2.49. The topological polar surface area (TPSA) is 34.1 Å². The minimum absolute atomic E-state index is 0.416. The Bertz CT molecular complexity index is 679. The van der Waals surface area contributed by atoms with E-state index in [0.717, 1.165) is 0 Å². The molecule has 0 aliphatic rings. The van der Waals surface area contributed by atoms with E-state index in [1.165, 1.54) is 0 Å². The highest BCUT2D eigenvalue weighted by Crippen LogP contribution is 2.61. The highest BCUT2D eigenvalue weighted by atomic mass is 32.2. The van der Waals surface area contributed by atoms with Gasteiger partial charge in [0.05, 0.1) is 0 Å². The van der Waals surface area contributed by atoms with Crippen LogP contribution in [0.3, 0.4) is 0 Å². The average Bonchev–Trinajstić information content (AvgIpc) is 2.51. The van der Waals surface area contributed by atoms with Crippen LogP contribution in [-0.2, 0) is 10.0 Å². The van der Waals surface area contributed by atoms with Gasteiger partial charge in [-0.05, 0) is 18.0 Å². The van der Waals surface area contributed by atoms with Crippen molar-refractivity contribution in [1.82, 2.24) is 0 Å². The predicted octanol–water partition coefficient (Wildman–Crippen LogP) is 4.75. The second kappa shape index (κ2) is 6.73. The zero-order valence-electron chi connectivity index (χ0n) is 13.4. The molecular weight excluding hydrogens is 464 g/mol. The molecule has 170 valence electrons. The Morgan fingerprint density at radius 1 is 0.607 bits per heavy atom. The van der Waals surface area contributed by atoms with Gasteiger partial charge >= 0.3 is 45.1 Å². The number of hydrogen-bond donors (Lipinski definition) is 0. The van der Waals surface area contributed by atoms with E-state index in [1.54, 1.807) is 0 Å². The van der Waals surface area contributed by atoms with Crippen LogP contribution in [0.15, 0.2) is 0 Å². The van der Waals surface area contributed by atoms with Crippen LogP contribution in [0.25, 0.3) is 0 Å². The molecule has 0 N–H and O–H groups in total. The third-order valence-electron chi connectivity index (χ3n) is 3.60. The second-order valence-electron chi connectivity index (χ2n) is 5.21. The van der Waals surface area contributed by atoms with Crippen LogP contribution in [-0.4, -0.2) is 60.7 Å². The zero-order valence-corrected chi connectivity index (χ0v) is 14.2. The first-order chi connectivity index (χ1) is 11.9. The van der Waals surface area contributed by atoms with Crippen molar-refractivity contribution >= 4 is 10.0 Å². The van der Waals surface area contributed by atoms with Crippen LogP contribution < -0.4 is 0 Å². The average molecular weight is 474 g/mol. The van der Waals surface area contributed by atoms with E-state index in [-0.39, 0.29) is 0 Å². The quantitative estimate of drug-likeness (QED) is 0.376. The molecule has 0 aliphatic carbocycles. The molecule has 0 aromatic rings. The first-order valence-corrected chi connectivity index (χ1v) is 8.08. The Balaban J connectivity index is 6.81. The molecule has 0 aromatic carbocycles. The van der Waals surface area contributed by atoms with Crippen molar-refractivity contribution in [3.8, 4) is 0 Å². The Kier molecular flexibility index (Phi) is 6.47. The lowest BCUT2D eigenvalue weighted by Crippen LogP contribution is -2.72. The van der Waals surface area contributed by atoms with Gasteiger partial charge in [-0.15, -0.1) is 0 Å². The zero-order chi connectivity index (χ0) is 23.4. The summed E-state index contributed by atoms with van der Waals surface area (Å²) in [5.41, 5.74) is 0. The SMILES string of the molecule is CC[N+](F)(CC)S(=O)(=O)C(F)(F)C(F)(F)C(F)(F)C(F)(F)C(F)(F)C(F)(F)F.